The van der Waals surface area contributed by atoms with Crippen molar-refractivity contribution in [1.29, 1.82) is 0 Å². The van der Waals surface area contributed by atoms with Crippen LogP contribution in [0.5, 0.6) is 11.5 Å². The molecule has 0 aromatic heterocycles. The van der Waals surface area contributed by atoms with Crippen LogP contribution in [0.2, 0.25) is 0 Å². The minimum atomic E-state index is 0.712. The van der Waals surface area contributed by atoms with Crippen molar-refractivity contribution in [2.24, 2.45) is 10.9 Å². The lowest BCUT2D eigenvalue weighted by Gasteiger charge is -2.16. The molecule has 1 unspecified atom stereocenters. The molecule has 140 valence electrons. The van der Waals surface area contributed by atoms with E-state index in [-0.39, 0.29) is 0 Å². The Labute approximate surface area is 151 Å². The van der Waals surface area contributed by atoms with Crippen molar-refractivity contribution in [2.75, 3.05) is 54.0 Å². The summed E-state index contributed by atoms with van der Waals surface area (Å²) in [5.41, 5.74) is 1.20. The lowest BCUT2D eigenvalue weighted by Crippen LogP contribution is -2.41. The first-order chi connectivity index (χ1) is 12.2. The predicted octanol–water partition coefficient (Wildman–Crippen LogP) is 1.75. The molecule has 0 radical (unpaired) electrons. The summed E-state index contributed by atoms with van der Waals surface area (Å²) in [5, 5.41) is 6.84. The third-order valence-electron chi connectivity index (χ3n) is 4.75. The summed E-state index contributed by atoms with van der Waals surface area (Å²) in [6.45, 7) is 7.58. The molecule has 6 nitrogen and oxygen atoms in total. The van der Waals surface area contributed by atoms with Gasteiger partial charge in [0.25, 0.3) is 0 Å². The molecule has 25 heavy (non-hydrogen) atoms. The van der Waals surface area contributed by atoms with Gasteiger partial charge in [-0.05, 0) is 49.5 Å². The van der Waals surface area contributed by atoms with Crippen molar-refractivity contribution < 1.29 is 9.47 Å². The maximum Gasteiger partial charge on any atom is 0.190 e. The van der Waals surface area contributed by atoms with E-state index in [1.165, 1.54) is 25.1 Å². The van der Waals surface area contributed by atoms with Gasteiger partial charge in [-0.1, -0.05) is 13.0 Å². The largest absolute Gasteiger partial charge is 0.493 e. The van der Waals surface area contributed by atoms with E-state index in [2.05, 4.69) is 33.5 Å². The monoisotopic (exact) mass is 348 g/mol. The molecule has 1 atom stereocenters. The van der Waals surface area contributed by atoms with Gasteiger partial charge >= 0.3 is 0 Å². The number of benzene rings is 1. The van der Waals surface area contributed by atoms with Crippen LogP contribution < -0.4 is 20.1 Å². The van der Waals surface area contributed by atoms with Crippen molar-refractivity contribution >= 4 is 5.96 Å². The molecule has 1 aliphatic rings. The van der Waals surface area contributed by atoms with E-state index < -0.39 is 0 Å². The predicted molar refractivity (Wildman–Crippen MR) is 103 cm³/mol. The van der Waals surface area contributed by atoms with E-state index >= 15 is 0 Å². The number of aliphatic imine (C=N–C) groups is 1. The minimum absolute atomic E-state index is 0.712. The molecule has 1 fully saturated rings. The van der Waals surface area contributed by atoms with Crippen LogP contribution in [0.1, 0.15) is 18.9 Å². The number of guanidine groups is 1. The number of hydrogen-bond acceptors (Lipinski definition) is 4. The van der Waals surface area contributed by atoms with Gasteiger partial charge in [0.15, 0.2) is 17.5 Å². The van der Waals surface area contributed by atoms with Gasteiger partial charge in [-0.3, -0.25) is 4.99 Å². The van der Waals surface area contributed by atoms with Crippen molar-refractivity contribution in [2.45, 2.75) is 19.8 Å². The average Bonchev–Trinajstić information content (AvgIpc) is 3.12. The van der Waals surface area contributed by atoms with E-state index in [9.17, 15) is 0 Å². The molecule has 1 aliphatic heterocycles. The van der Waals surface area contributed by atoms with Crippen molar-refractivity contribution in [3.05, 3.63) is 23.8 Å². The Kier molecular flexibility index (Phi) is 7.85. The highest BCUT2D eigenvalue weighted by Gasteiger charge is 2.20. The molecule has 1 aromatic carbocycles. The number of ether oxygens (including phenoxy) is 2. The smallest absolute Gasteiger partial charge is 0.190 e. The highest BCUT2D eigenvalue weighted by molar-refractivity contribution is 5.79. The van der Waals surface area contributed by atoms with Crippen LogP contribution in [0.15, 0.2) is 23.2 Å². The third kappa shape index (κ3) is 5.81. The Balaban J connectivity index is 1.74. The highest BCUT2D eigenvalue weighted by Crippen LogP contribution is 2.27. The first-order valence-corrected chi connectivity index (χ1v) is 9.07. The summed E-state index contributed by atoms with van der Waals surface area (Å²) < 4.78 is 10.6. The number of nitrogens with zero attached hydrogens (tertiary/aromatic N) is 2. The summed E-state index contributed by atoms with van der Waals surface area (Å²) in [6, 6.07) is 6.03. The topological polar surface area (TPSA) is 58.1 Å². The van der Waals surface area contributed by atoms with E-state index in [4.69, 9.17) is 9.47 Å². The Morgan fingerprint density at radius 3 is 2.68 bits per heavy atom. The maximum absolute atomic E-state index is 5.35. The van der Waals surface area contributed by atoms with E-state index in [1.807, 2.05) is 19.2 Å². The minimum Gasteiger partial charge on any atom is -0.493 e. The molecule has 6 heteroatoms. The third-order valence-corrected chi connectivity index (χ3v) is 4.75. The van der Waals surface area contributed by atoms with Gasteiger partial charge in [0.2, 0.25) is 0 Å². The van der Waals surface area contributed by atoms with Crippen LogP contribution in [0.25, 0.3) is 0 Å². The van der Waals surface area contributed by atoms with E-state index in [1.54, 1.807) is 14.2 Å². The lowest BCUT2D eigenvalue weighted by molar-refractivity contribution is 0.342. The quantitative estimate of drug-likeness (QED) is 0.554. The Hall–Kier alpha value is -1.95. The Bertz CT molecular complexity index is 562. The molecule has 0 spiro atoms. The van der Waals surface area contributed by atoms with E-state index in [0.29, 0.717) is 5.92 Å². The Morgan fingerprint density at radius 2 is 2.04 bits per heavy atom. The second-order valence-corrected chi connectivity index (χ2v) is 6.37. The van der Waals surface area contributed by atoms with Crippen molar-refractivity contribution in [1.82, 2.24) is 15.5 Å². The molecule has 0 bridgehead atoms. The fourth-order valence-electron chi connectivity index (χ4n) is 3.19. The van der Waals surface area contributed by atoms with Gasteiger partial charge in [-0.2, -0.15) is 0 Å². The fourth-order valence-corrected chi connectivity index (χ4v) is 3.19. The van der Waals surface area contributed by atoms with Gasteiger partial charge in [-0.15, -0.1) is 0 Å². The zero-order valence-corrected chi connectivity index (χ0v) is 16.0. The lowest BCUT2D eigenvalue weighted by atomic mass is 10.1. The standard InChI is InChI=1S/C19H32N4O2/c1-5-23-11-9-16(14-23)13-22-19(20-2)21-10-8-15-6-7-17(24-3)18(12-15)25-4/h6-7,12,16H,5,8-11,13-14H2,1-4H3,(H2,20,21,22). The SMILES string of the molecule is CCN1CCC(CNC(=NC)NCCc2ccc(OC)c(OC)c2)C1. The molecule has 1 saturated heterocycles. The maximum atomic E-state index is 5.35. The summed E-state index contributed by atoms with van der Waals surface area (Å²) in [6.07, 6.45) is 2.16. The first-order valence-electron chi connectivity index (χ1n) is 9.07. The summed E-state index contributed by atoms with van der Waals surface area (Å²) in [4.78, 5) is 6.82. The van der Waals surface area contributed by atoms with Crippen molar-refractivity contribution in [3.8, 4) is 11.5 Å². The van der Waals surface area contributed by atoms with Crippen molar-refractivity contribution in [3.63, 3.8) is 0 Å². The molecule has 0 aliphatic carbocycles. The summed E-state index contributed by atoms with van der Waals surface area (Å²) >= 11 is 0. The Morgan fingerprint density at radius 1 is 1.24 bits per heavy atom. The number of methoxy groups -OCH3 is 2. The van der Waals surface area contributed by atoms with Crippen LogP contribution in [-0.4, -0.2) is 64.9 Å². The summed E-state index contributed by atoms with van der Waals surface area (Å²) in [5.74, 6) is 3.11. The van der Waals surface area contributed by atoms with Crippen LogP contribution in [0, 0.1) is 5.92 Å². The van der Waals surface area contributed by atoms with Gasteiger partial charge in [0, 0.05) is 26.7 Å². The van der Waals surface area contributed by atoms with Crippen LogP contribution in [0.4, 0.5) is 0 Å². The average molecular weight is 348 g/mol. The van der Waals surface area contributed by atoms with Crippen LogP contribution in [0.3, 0.4) is 0 Å². The molecular weight excluding hydrogens is 316 g/mol. The number of nitrogens with one attached hydrogen (secondary N) is 2. The molecule has 0 amide bonds. The molecule has 0 saturated carbocycles. The normalized spacial score (nSPS) is 18.2. The molecule has 1 aromatic rings. The number of rotatable bonds is 8. The zero-order valence-electron chi connectivity index (χ0n) is 16.0. The first kappa shape index (κ1) is 19.4. The summed E-state index contributed by atoms with van der Waals surface area (Å²) in [7, 11) is 5.13. The van der Waals surface area contributed by atoms with Gasteiger partial charge < -0.3 is 25.0 Å². The van der Waals surface area contributed by atoms with E-state index in [0.717, 1.165) is 43.5 Å². The number of likely N-dealkylation sites (tertiary alicyclic amines) is 1. The van der Waals surface area contributed by atoms with Gasteiger partial charge in [0.05, 0.1) is 14.2 Å². The second-order valence-electron chi connectivity index (χ2n) is 6.37. The van der Waals surface area contributed by atoms with Gasteiger partial charge in [-0.25, -0.2) is 0 Å². The molecule has 2 N–H and O–H groups in total. The highest BCUT2D eigenvalue weighted by atomic mass is 16.5. The van der Waals surface area contributed by atoms with Crippen LogP contribution >= 0.6 is 0 Å². The molecular formula is C19H32N4O2. The molecule has 2 rings (SSSR count). The second kappa shape index (κ2) is 10.1. The number of hydrogen-bond donors (Lipinski definition) is 2. The van der Waals surface area contributed by atoms with Crippen LogP contribution in [-0.2, 0) is 6.42 Å². The molecule has 1 heterocycles. The van der Waals surface area contributed by atoms with Gasteiger partial charge in [0.1, 0.15) is 0 Å². The fraction of sp³-hybridized carbons (Fsp3) is 0.632. The zero-order chi connectivity index (χ0) is 18.1.